The van der Waals surface area contributed by atoms with E-state index in [2.05, 4.69) is 16.0 Å². The molecule has 18 heavy (non-hydrogen) atoms. The molecule has 0 amide bonds. The van der Waals surface area contributed by atoms with Crippen LogP contribution in [0.2, 0.25) is 0 Å². The van der Waals surface area contributed by atoms with E-state index in [-0.39, 0.29) is 0 Å². The van der Waals surface area contributed by atoms with E-state index >= 15 is 0 Å². The lowest BCUT2D eigenvalue weighted by molar-refractivity contribution is 0.571. The molecular weight excluding hydrogens is 226 g/mol. The molecule has 1 aliphatic heterocycles. The lowest BCUT2D eigenvalue weighted by atomic mass is 10.1. The number of nitrogens with zero attached hydrogens (tertiary/aromatic N) is 2. The zero-order valence-corrected chi connectivity index (χ0v) is 10.1. The van der Waals surface area contributed by atoms with Crippen molar-refractivity contribution >= 4 is 5.82 Å². The van der Waals surface area contributed by atoms with Crippen LogP contribution in [0.3, 0.4) is 0 Å². The highest BCUT2D eigenvalue weighted by Crippen LogP contribution is 2.29. The molecule has 2 aromatic rings. The third-order valence-electron chi connectivity index (χ3n) is 3.38. The van der Waals surface area contributed by atoms with E-state index in [1.54, 1.807) is 6.26 Å². The van der Waals surface area contributed by atoms with Crippen molar-refractivity contribution in [3.8, 4) is 17.5 Å². The number of hydrogen-bond donors (Lipinski definition) is 1. The summed E-state index contributed by atoms with van der Waals surface area (Å²) in [5.41, 5.74) is 1.57. The molecule has 0 atom stereocenters. The molecule has 2 aromatic heterocycles. The molecule has 3 rings (SSSR count). The summed E-state index contributed by atoms with van der Waals surface area (Å²) in [5.74, 6) is 1.71. The normalized spacial score (nSPS) is 15.6. The van der Waals surface area contributed by atoms with Crippen LogP contribution in [-0.4, -0.2) is 18.1 Å². The van der Waals surface area contributed by atoms with Crippen molar-refractivity contribution in [1.82, 2.24) is 4.98 Å². The number of piperidine rings is 1. The first-order valence-corrected chi connectivity index (χ1v) is 6.30. The number of nitriles is 1. The Morgan fingerprint density at radius 3 is 2.78 bits per heavy atom. The number of aromatic nitrogens is 1. The van der Waals surface area contributed by atoms with Crippen molar-refractivity contribution in [2.24, 2.45) is 0 Å². The highest BCUT2D eigenvalue weighted by atomic mass is 16.3. The molecule has 4 nitrogen and oxygen atoms in total. The first-order valence-electron chi connectivity index (χ1n) is 6.30. The minimum Gasteiger partial charge on any atom is -0.463 e. The summed E-state index contributed by atoms with van der Waals surface area (Å²) in [6, 6.07) is 7.87. The van der Waals surface area contributed by atoms with E-state index in [1.165, 1.54) is 19.3 Å². The van der Waals surface area contributed by atoms with Gasteiger partial charge < -0.3 is 14.3 Å². The highest BCUT2D eigenvalue weighted by molar-refractivity contribution is 5.66. The van der Waals surface area contributed by atoms with E-state index < -0.39 is 0 Å². The smallest absolute Gasteiger partial charge is 0.150 e. The standard InChI is InChI=1S/C14H15N3O/c15-10-11-9-12(13-5-4-8-18-13)16-14(11)17-6-2-1-3-7-17/h4-5,8-9,16H,1-3,6-7H2. The van der Waals surface area contributed by atoms with Gasteiger partial charge in [-0.2, -0.15) is 5.26 Å². The van der Waals surface area contributed by atoms with Crippen molar-refractivity contribution < 1.29 is 4.42 Å². The van der Waals surface area contributed by atoms with Crippen LogP contribution in [0.15, 0.2) is 28.9 Å². The minimum atomic E-state index is 0.698. The molecule has 3 heterocycles. The third kappa shape index (κ3) is 1.88. The summed E-state index contributed by atoms with van der Waals surface area (Å²) in [6.07, 6.45) is 5.31. The number of nitrogens with one attached hydrogen (secondary N) is 1. The van der Waals surface area contributed by atoms with Gasteiger partial charge in [0.2, 0.25) is 0 Å². The molecule has 4 heteroatoms. The first-order chi connectivity index (χ1) is 8.88. The lowest BCUT2D eigenvalue weighted by Crippen LogP contribution is -2.30. The topological polar surface area (TPSA) is 56.0 Å². The number of H-pyrrole nitrogens is 1. The summed E-state index contributed by atoms with van der Waals surface area (Å²) in [7, 11) is 0. The maximum absolute atomic E-state index is 9.23. The molecule has 0 saturated carbocycles. The van der Waals surface area contributed by atoms with Crippen molar-refractivity contribution in [2.75, 3.05) is 18.0 Å². The summed E-state index contributed by atoms with van der Waals surface area (Å²) in [5, 5.41) is 9.23. The predicted octanol–water partition coefficient (Wildman–Crippen LogP) is 3.14. The molecule has 0 aromatic carbocycles. The molecule has 0 aliphatic carbocycles. The fraction of sp³-hybridized carbons (Fsp3) is 0.357. The largest absolute Gasteiger partial charge is 0.463 e. The Morgan fingerprint density at radius 1 is 1.28 bits per heavy atom. The summed E-state index contributed by atoms with van der Waals surface area (Å²) in [4.78, 5) is 5.57. The van der Waals surface area contributed by atoms with Crippen LogP contribution < -0.4 is 4.90 Å². The number of hydrogen-bond acceptors (Lipinski definition) is 3. The van der Waals surface area contributed by atoms with Gasteiger partial charge in [-0.1, -0.05) is 0 Å². The van der Waals surface area contributed by atoms with Gasteiger partial charge >= 0.3 is 0 Å². The lowest BCUT2D eigenvalue weighted by Gasteiger charge is -2.27. The first kappa shape index (κ1) is 11.0. The van der Waals surface area contributed by atoms with Gasteiger partial charge in [0, 0.05) is 13.1 Å². The number of furan rings is 1. The van der Waals surface area contributed by atoms with Crippen LogP contribution in [0, 0.1) is 11.3 Å². The molecule has 0 unspecified atom stereocenters. The van der Waals surface area contributed by atoms with Crippen LogP contribution >= 0.6 is 0 Å². The van der Waals surface area contributed by atoms with Crippen molar-refractivity contribution in [3.63, 3.8) is 0 Å². The van der Waals surface area contributed by atoms with Crippen LogP contribution in [0.4, 0.5) is 5.82 Å². The Balaban J connectivity index is 1.96. The Hall–Kier alpha value is -2.15. The zero-order valence-electron chi connectivity index (χ0n) is 10.1. The van der Waals surface area contributed by atoms with Gasteiger partial charge in [0.05, 0.1) is 17.5 Å². The monoisotopic (exact) mass is 241 g/mol. The molecule has 1 N–H and O–H groups in total. The Labute approximate surface area is 106 Å². The highest BCUT2D eigenvalue weighted by Gasteiger charge is 2.18. The third-order valence-corrected chi connectivity index (χ3v) is 3.38. The fourth-order valence-electron chi connectivity index (χ4n) is 2.46. The fourth-order valence-corrected chi connectivity index (χ4v) is 2.46. The van der Waals surface area contributed by atoms with E-state index in [9.17, 15) is 5.26 Å². The van der Waals surface area contributed by atoms with Crippen LogP contribution in [0.5, 0.6) is 0 Å². The quantitative estimate of drug-likeness (QED) is 0.878. The average molecular weight is 241 g/mol. The van der Waals surface area contributed by atoms with E-state index in [4.69, 9.17) is 4.42 Å². The van der Waals surface area contributed by atoms with Crippen molar-refractivity contribution in [3.05, 3.63) is 30.0 Å². The summed E-state index contributed by atoms with van der Waals surface area (Å²) in [6.45, 7) is 2.04. The second kappa shape index (κ2) is 4.61. The second-order valence-electron chi connectivity index (χ2n) is 4.58. The predicted molar refractivity (Wildman–Crippen MR) is 69.3 cm³/mol. The Morgan fingerprint density at radius 2 is 2.11 bits per heavy atom. The van der Waals surface area contributed by atoms with Gasteiger partial charge in [-0.05, 0) is 37.5 Å². The van der Waals surface area contributed by atoms with E-state index in [0.717, 1.165) is 30.4 Å². The van der Waals surface area contributed by atoms with Gasteiger partial charge in [-0.3, -0.25) is 0 Å². The maximum atomic E-state index is 9.23. The minimum absolute atomic E-state index is 0.698. The molecule has 1 aliphatic rings. The molecule has 1 fully saturated rings. The molecular formula is C14H15N3O. The zero-order chi connectivity index (χ0) is 12.4. The second-order valence-corrected chi connectivity index (χ2v) is 4.58. The molecule has 0 bridgehead atoms. The summed E-state index contributed by atoms with van der Waals surface area (Å²) < 4.78 is 5.36. The van der Waals surface area contributed by atoms with Gasteiger partial charge in [-0.25, -0.2) is 0 Å². The van der Waals surface area contributed by atoms with Crippen molar-refractivity contribution in [2.45, 2.75) is 19.3 Å². The Bertz CT molecular complexity index is 556. The molecule has 1 saturated heterocycles. The van der Waals surface area contributed by atoms with E-state index in [0.29, 0.717) is 5.56 Å². The molecule has 0 radical (unpaired) electrons. The van der Waals surface area contributed by atoms with Gasteiger partial charge in [0.15, 0.2) is 0 Å². The SMILES string of the molecule is N#Cc1cc(-c2ccco2)[nH]c1N1CCCCC1. The molecule has 92 valence electrons. The Kier molecular flexibility index (Phi) is 2.81. The van der Waals surface area contributed by atoms with Gasteiger partial charge in [0.25, 0.3) is 0 Å². The average Bonchev–Trinajstić information content (AvgIpc) is 3.08. The van der Waals surface area contributed by atoms with Crippen LogP contribution in [0.25, 0.3) is 11.5 Å². The van der Waals surface area contributed by atoms with Gasteiger partial charge in [-0.15, -0.1) is 0 Å². The van der Waals surface area contributed by atoms with Crippen LogP contribution in [-0.2, 0) is 0 Å². The summed E-state index contributed by atoms with van der Waals surface area (Å²) >= 11 is 0. The van der Waals surface area contributed by atoms with E-state index in [1.807, 2.05) is 18.2 Å². The number of aromatic amines is 1. The molecule has 0 spiro atoms. The van der Waals surface area contributed by atoms with Crippen LogP contribution in [0.1, 0.15) is 24.8 Å². The van der Waals surface area contributed by atoms with Gasteiger partial charge in [0.1, 0.15) is 17.6 Å². The number of anilines is 1. The number of rotatable bonds is 2. The maximum Gasteiger partial charge on any atom is 0.150 e. The van der Waals surface area contributed by atoms with Crippen molar-refractivity contribution in [1.29, 1.82) is 5.26 Å².